The van der Waals surface area contributed by atoms with Gasteiger partial charge in [-0.1, -0.05) is 6.08 Å². The molecule has 1 atom stereocenters. The van der Waals surface area contributed by atoms with Gasteiger partial charge < -0.3 is 19.6 Å². The smallest absolute Gasteiger partial charge is 0.336 e. The number of benzene rings is 1. The second-order valence-corrected chi connectivity index (χ2v) is 8.66. The summed E-state index contributed by atoms with van der Waals surface area (Å²) >= 11 is 0. The molecule has 0 fully saturated rings. The van der Waals surface area contributed by atoms with Crippen LogP contribution in [0.5, 0.6) is 5.75 Å². The van der Waals surface area contributed by atoms with Gasteiger partial charge in [-0.05, 0) is 63.1 Å². The molecular weight excluding hydrogens is 408 g/mol. The molecule has 0 saturated carbocycles. The standard InChI is InChI=1S/C25H26N2O5/c1-5-15(2)23(29)32-24(3,4)25(13-16-8-9-27-21(26)10-16)14-18-11-17-6-7-22(28)30-19(17)12-20(18)31-25/h5-12H,13-14H2,1-4H3,(H2,26,27)/b15-5+/t25-/m0/s1. The van der Waals surface area contributed by atoms with Crippen LogP contribution in [0.3, 0.4) is 0 Å². The zero-order chi connectivity index (χ0) is 23.1. The molecule has 7 nitrogen and oxygen atoms in total. The van der Waals surface area contributed by atoms with Crippen molar-refractivity contribution in [2.24, 2.45) is 0 Å². The molecule has 0 unspecified atom stereocenters. The van der Waals surface area contributed by atoms with Crippen LogP contribution >= 0.6 is 0 Å². The minimum absolute atomic E-state index is 0.401. The van der Waals surface area contributed by atoms with Crippen LogP contribution in [-0.2, 0) is 22.4 Å². The Morgan fingerprint density at radius 1 is 1.28 bits per heavy atom. The van der Waals surface area contributed by atoms with Gasteiger partial charge in [0.05, 0.1) is 0 Å². The number of ether oxygens (including phenoxy) is 2. The average Bonchev–Trinajstić information content (AvgIpc) is 3.09. The topological polar surface area (TPSA) is 105 Å². The lowest BCUT2D eigenvalue weighted by Crippen LogP contribution is -2.57. The number of allylic oxidation sites excluding steroid dienone is 1. The average molecular weight is 434 g/mol. The monoisotopic (exact) mass is 434 g/mol. The molecular formula is C25H26N2O5. The summed E-state index contributed by atoms with van der Waals surface area (Å²) in [6.07, 6.45) is 4.29. The van der Waals surface area contributed by atoms with Gasteiger partial charge in [0.1, 0.15) is 22.8 Å². The van der Waals surface area contributed by atoms with E-state index in [1.54, 1.807) is 44.3 Å². The van der Waals surface area contributed by atoms with Crippen LogP contribution in [0, 0.1) is 0 Å². The first kappa shape index (κ1) is 21.6. The fourth-order valence-electron chi connectivity index (χ4n) is 4.04. The van der Waals surface area contributed by atoms with Crippen LogP contribution in [0.25, 0.3) is 11.0 Å². The lowest BCUT2D eigenvalue weighted by Gasteiger charge is -2.42. The maximum Gasteiger partial charge on any atom is 0.336 e. The summed E-state index contributed by atoms with van der Waals surface area (Å²) in [6.45, 7) is 7.21. The third-order valence-corrected chi connectivity index (χ3v) is 6.12. The number of aromatic nitrogens is 1. The van der Waals surface area contributed by atoms with E-state index >= 15 is 0 Å². The molecule has 0 aliphatic carbocycles. The molecule has 4 rings (SSSR count). The van der Waals surface area contributed by atoms with Crippen molar-refractivity contribution in [1.82, 2.24) is 4.98 Å². The van der Waals surface area contributed by atoms with Gasteiger partial charge in [0.15, 0.2) is 5.60 Å². The lowest BCUT2D eigenvalue weighted by atomic mass is 9.77. The van der Waals surface area contributed by atoms with Gasteiger partial charge >= 0.3 is 11.6 Å². The lowest BCUT2D eigenvalue weighted by molar-refractivity contribution is -0.174. The summed E-state index contributed by atoms with van der Waals surface area (Å²) in [6, 6.07) is 10.5. The first-order chi connectivity index (χ1) is 15.1. The number of carbonyl (C=O) groups is 1. The number of nitrogen functional groups attached to an aromatic ring is 1. The van der Waals surface area contributed by atoms with E-state index in [0.29, 0.717) is 35.6 Å². The first-order valence-corrected chi connectivity index (χ1v) is 10.4. The molecule has 0 amide bonds. The van der Waals surface area contributed by atoms with Crippen molar-refractivity contribution in [2.75, 3.05) is 5.73 Å². The molecule has 0 saturated heterocycles. The van der Waals surface area contributed by atoms with Crippen molar-refractivity contribution in [3.05, 3.63) is 75.8 Å². The van der Waals surface area contributed by atoms with E-state index in [1.807, 2.05) is 26.0 Å². The predicted octanol–water partition coefficient (Wildman–Crippen LogP) is 3.97. The van der Waals surface area contributed by atoms with Crippen molar-refractivity contribution in [3.8, 4) is 5.75 Å². The van der Waals surface area contributed by atoms with Gasteiger partial charge in [-0.25, -0.2) is 14.6 Å². The van der Waals surface area contributed by atoms with Gasteiger partial charge in [-0.15, -0.1) is 0 Å². The first-order valence-electron chi connectivity index (χ1n) is 10.4. The van der Waals surface area contributed by atoms with Crippen molar-refractivity contribution < 1.29 is 18.7 Å². The molecule has 3 heterocycles. The summed E-state index contributed by atoms with van der Waals surface area (Å²) in [5, 5.41) is 0.801. The molecule has 32 heavy (non-hydrogen) atoms. The second-order valence-electron chi connectivity index (χ2n) is 8.66. The normalized spacial score (nSPS) is 18.3. The highest BCUT2D eigenvalue weighted by Gasteiger charge is 2.54. The van der Waals surface area contributed by atoms with E-state index in [-0.39, 0.29) is 0 Å². The molecule has 1 aromatic carbocycles. The number of carbonyl (C=O) groups excluding carboxylic acids is 1. The molecule has 7 heteroatoms. The molecule has 0 bridgehead atoms. The van der Waals surface area contributed by atoms with E-state index in [0.717, 1.165) is 16.5 Å². The minimum atomic E-state index is -1.00. The molecule has 1 aliphatic heterocycles. The summed E-state index contributed by atoms with van der Waals surface area (Å²) in [4.78, 5) is 28.4. The van der Waals surface area contributed by atoms with Gasteiger partial charge in [0.2, 0.25) is 0 Å². The Hall–Kier alpha value is -3.61. The maximum absolute atomic E-state index is 12.7. The Morgan fingerprint density at radius 3 is 2.78 bits per heavy atom. The highest BCUT2D eigenvalue weighted by atomic mass is 16.6. The zero-order valence-electron chi connectivity index (χ0n) is 18.6. The molecule has 2 aromatic heterocycles. The molecule has 3 aromatic rings. The quantitative estimate of drug-likeness (QED) is 0.368. The second kappa shape index (κ2) is 7.82. The SMILES string of the molecule is C/C=C(\C)C(=O)OC(C)(C)[C@]1(Cc2ccnc(N)c2)Cc2cc3ccc(=O)oc3cc2O1. The zero-order valence-corrected chi connectivity index (χ0v) is 18.6. The number of nitrogens with two attached hydrogens (primary N) is 1. The number of hydrogen-bond acceptors (Lipinski definition) is 7. The van der Waals surface area contributed by atoms with Crippen LogP contribution in [0.15, 0.2) is 63.5 Å². The fourth-order valence-corrected chi connectivity index (χ4v) is 4.04. The third kappa shape index (κ3) is 3.86. The van der Waals surface area contributed by atoms with Crippen LogP contribution in [-0.4, -0.2) is 22.2 Å². The van der Waals surface area contributed by atoms with Crippen LogP contribution in [0.1, 0.15) is 38.8 Å². The summed E-state index contributed by atoms with van der Waals surface area (Å²) < 4.78 is 17.9. The Balaban J connectivity index is 1.79. The summed E-state index contributed by atoms with van der Waals surface area (Å²) in [7, 11) is 0. The molecule has 166 valence electrons. The highest BCUT2D eigenvalue weighted by Crippen LogP contribution is 2.46. The maximum atomic E-state index is 12.7. The predicted molar refractivity (Wildman–Crippen MR) is 122 cm³/mol. The number of esters is 1. The largest absolute Gasteiger partial charge is 0.482 e. The van der Waals surface area contributed by atoms with Gasteiger partial charge in [-0.2, -0.15) is 0 Å². The van der Waals surface area contributed by atoms with Gasteiger partial charge in [-0.3, -0.25) is 0 Å². The van der Waals surface area contributed by atoms with Crippen LogP contribution < -0.4 is 16.1 Å². The molecule has 0 radical (unpaired) electrons. The number of anilines is 1. The van der Waals surface area contributed by atoms with E-state index < -0.39 is 22.8 Å². The number of hydrogen-bond donors (Lipinski definition) is 1. The van der Waals surface area contributed by atoms with E-state index in [9.17, 15) is 9.59 Å². The van der Waals surface area contributed by atoms with Crippen molar-refractivity contribution >= 4 is 22.8 Å². The van der Waals surface area contributed by atoms with E-state index in [1.165, 1.54) is 6.07 Å². The van der Waals surface area contributed by atoms with E-state index in [2.05, 4.69) is 4.98 Å². The van der Waals surface area contributed by atoms with E-state index in [4.69, 9.17) is 19.6 Å². The summed E-state index contributed by atoms with van der Waals surface area (Å²) in [5.74, 6) is 0.600. The third-order valence-electron chi connectivity index (χ3n) is 6.12. The molecule has 0 spiro atoms. The van der Waals surface area contributed by atoms with Gasteiger partial charge in [0.25, 0.3) is 0 Å². The Labute approximate surface area is 185 Å². The highest BCUT2D eigenvalue weighted by molar-refractivity contribution is 5.88. The Morgan fingerprint density at radius 2 is 2.06 bits per heavy atom. The minimum Gasteiger partial charge on any atom is -0.482 e. The number of nitrogens with zero attached hydrogens (tertiary/aromatic N) is 1. The van der Waals surface area contributed by atoms with Crippen molar-refractivity contribution in [2.45, 2.75) is 51.7 Å². The Bertz CT molecular complexity index is 1290. The van der Waals surface area contributed by atoms with Crippen LogP contribution in [0.2, 0.25) is 0 Å². The fraction of sp³-hybridized carbons (Fsp3) is 0.320. The van der Waals surface area contributed by atoms with Crippen molar-refractivity contribution in [3.63, 3.8) is 0 Å². The van der Waals surface area contributed by atoms with Crippen molar-refractivity contribution in [1.29, 1.82) is 0 Å². The number of fused-ring (bicyclic) bond motifs is 2. The Kier molecular flexibility index (Phi) is 5.28. The number of pyridine rings is 1. The summed E-state index contributed by atoms with van der Waals surface area (Å²) in [5.41, 5.74) is 6.38. The van der Waals surface area contributed by atoms with Gasteiger partial charge in [0, 0.05) is 42.1 Å². The molecule has 1 aliphatic rings. The number of rotatable bonds is 5. The van der Waals surface area contributed by atoms with Crippen LogP contribution in [0.4, 0.5) is 5.82 Å². The molecule has 2 N–H and O–H groups in total.